The van der Waals surface area contributed by atoms with Crippen molar-refractivity contribution in [3.05, 3.63) is 0 Å². The van der Waals surface area contributed by atoms with Crippen LogP contribution >= 0.6 is 0 Å². The Bertz CT molecular complexity index is 224. The van der Waals surface area contributed by atoms with E-state index in [4.69, 9.17) is 14.9 Å². The predicted octanol–water partition coefficient (Wildman–Crippen LogP) is 0.572. The van der Waals surface area contributed by atoms with Gasteiger partial charge >= 0.3 is 11.9 Å². The molecular weight excluding hydrogens is 228 g/mol. The van der Waals surface area contributed by atoms with Gasteiger partial charge in [-0.25, -0.2) is 0 Å². The first-order valence-corrected chi connectivity index (χ1v) is 5.66. The highest BCUT2D eigenvalue weighted by Gasteiger charge is 2.13. The van der Waals surface area contributed by atoms with E-state index in [1.165, 1.54) is 0 Å². The minimum Gasteiger partial charge on any atom is -0.481 e. The first kappa shape index (κ1) is 15.9. The molecule has 0 spiro atoms. The van der Waals surface area contributed by atoms with Crippen LogP contribution in [0.5, 0.6) is 0 Å². The summed E-state index contributed by atoms with van der Waals surface area (Å²) in [4.78, 5) is 20.8. The SMILES string of the molecule is CC1CO1.O=C(O)CCCCC(=O)OCCO. The molecule has 6 nitrogen and oxygen atoms in total. The molecule has 17 heavy (non-hydrogen) atoms. The Kier molecular flexibility index (Phi) is 9.37. The van der Waals surface area contributed by atoms with Gasteiger partial charge in [0, 0.05) is 12.8 Å². The Morgan fingerprint density at radius 1 is 1.35 bits per heavy atom. The highest BCUT2D eigenvalue weighted by molar-refractivity contribution is 5.69. The molecule has 0 saturated carbocycles. The Balaban J connectivity index is 0.000000529. The lowest BCUT2D eigenvalue weighted by atomic mass is 10.2. The molecule has 0 amide bonds. The van der Waals surface area contributed by atoms with Crippen LogP contribution in [0, 0.1) is 0 Å². The molecule has 1 fully saturated rings. The molecule has 2 N–H and O–H groups in total. The van der Waals surface area contributed by atoms with Crippen molar-refractivity contribution in [1.29, 1.82) is 0 Å². The maximum atomic E-state index is 10.8. The molecule has 0 bridgehead atoms. The normalized spacial score (nSPS) is 16.7. The number of aliphatic carboxylic acids is 1. The van der Waals surface area contributed by atoms with Crippen LogP contribution in [0.25, 0.3) is 0 Å². The fraction of sp³-hybridized carbons (Fsp3) is 0.818. The summed E-state index contributed by atoms with van der Waals surface area (Å²) in [6, 6.07) is 0. The number of carboxylic acid groups (broad SMARTS) is 1. The van der Waals surface area contributed by atoms with Gasteiger partial charge in [-0.3, -0.25) is 9.59 Å². The van der Waals surface area contributed by atoms with E-state index in [1.807, 2.05) is 0 Å². The van der Waals surface area contributed by atoms with Gasteiger partial charge < -0.3 is 19.7 Å². The molecule has 0 aromatic carbocycles. The number of carboxylic acids is 1. The Morgan fingerprint density at radius 2 is 1.88 bits per heavy atom. The molecule has 100 valence electrons. The second kappa shape index (κ2) is 10.0. The summed E-state index contributed by atoms with van der Waals surface area (Å²) < 4.78 is 9.27. The molecule has 1 saturated heterocycles. The van der Waals surface area contributed by atoms with Crippen LogP contribution in [-0.4, -0.2) is 48.1 Å². The Morgan fingerprint density at radius 3 is 2.29 bits per heavy atom. The van der Waals surface area contributed by atoms with E-state index < -0.39 is 5.97 Å². The van der Waals surface area contributed by atoms with Crippen LogP contribution in [0.2, 0.25) is 0 Å². The number of carbonyl (C=O) groups excluding carboxylic acids is 1. The van der Waals surface area contributed by atoms with Gasteiger partial charge in [-0.1, -0.05) is 0 Å². The predicted molar refractivity (Wildman–Crippen MR) is 59.6 cm³/mol. The summed E-state index contributed by atoms with van der Waals surface area (Å²) in [6.45, 7) is 2.87. The number of unbranched alkanes of at least 4 members (excludes halogenated alkanes) is 1. The van der Waals surface area contributed by atoms with Crippen LogP contribution in [-0.2, 0) is 19.1 Å². The number of carbonyl (C=O) groups is 2. The molecule has 1 atom stereocenters. The second-order valence-electron chi connectivity index (χ2n) is 3.69. The maximum Gasteiger partial charge on any atom is 0.305 e. The van der Waals surface area contributed by atoms with Crippen LogP contribution < -0.4 is 0 Å². The zero-order valence-corrected chi connectivity index (χ0v) is 10.1. The summed E-state index contributed by atoms with van der Waals surface area (Å²) in [5, 5.41) is 16.6. The maximum absolute atomic E-state index is 10.8. The van der Waals surface area contributed by atoms with Gasteiger partial charge in [-0.2, -0.15) is 0 Å². The molecule has 1 aliphatic rings. The van der Waals surface area contributed by atoms with Gasteiger partial charge in [0.1, 0.15) is 6.61 Å². The van der Waals surface area contributed by atoms with Gasteiger partial charge in [-0.05, 0) is 19.8 Å². The van der Waals surface area contributed by atoms with Gasteiger partial charge in [0.2, 0.25) is 0 Å². The molecule has 0 radical (unpaired) electrons. The molecule has 1 rings (SSSR count). The van der Waals surface area contributed by atoms with Crippen molar-refractivity contribution >= 4 is 11.9 Å². The standard InChI is InChI=1S/C8H14O5.C3H6O/c9-5-6-13-8(12)4-2-1-3-7(10)11;1-3-2-4-3/h9H,1-6H2,(H,10,11);3H,2H2,1H3. The van der Waals surface area contributed by atoms with E-state index in [1.54, 1.807) is 0 Å². The van der Waals surface area contributed by atoms with Crippen molar-refractivity contribution in [1.82, 2.24) is 0 Å². The zero-order valence-electron chi connectivity index (χ0n) is 10.1. The molecule has 1 aliphatic heterocycles. The number of aliphatic hydroxyl groups excluding tert-OH is 1. The Labute approximate surface area is 101 Å². The topological polar surface area (TPSA) is 96.4 Å². The molecule has 0 aromatic rings. The van der Waals surface area contributed by atoms with E-state index in [0.29, 0.717) is 18.9 Å². The van der Waals surface area contributed by atoms with Crippen LogP contribution in [0.3, 0.4) is 0 Å². The highest BCUT2D eigenvalue weighted by atomic mass is 16.6. The lowest BCUT2D eigenvalue weighted by molar-refractivity contribution is -0.145. The van der Waals surface area contributed by atoms with E-state index >= 15 is 0 Å². The fourth-order valence-electron chi connectivity index (χ4n) is 0.873. The summed E-state index contributed by atoms with van der Waals surface area (Å²) in [5.74, 6) is -1.25. The van der Waals surface area contributed by atoms with Gasteiger partial charge in [0.05, 0.1) is 19.3 Å². The first-order chi connectivity index (χ1) is 8.06. The van der Waals surface area contributed by atoms with Crippen molar-refractivity contribution in [3.8, 4) is 0 Å². The largest absolute Gasteiger partial charge is 0.481 e. The molecule has 6 heteroatoms. The fourth-order valence-corrected chi connectivity index (χ4v) is 0.873. The third-order valence-electron chi connectivity index (χ3n) is 1.88. The summed E-state index contributed by atoms with van der Waals surface area (Å²) in [5.41, 5.74) is 0. The molecule has 0 aliphatic carbocycles. The number of rotatable bonds is 7. The van der Waals surface area contributed by atoms with Crippen molar-refractivity contribution < 1.29 is 29.3 Å². The second-order valence-corrected chi connectivity index (χ2v) is 3.69. The smallest absolute Gasteiger partial charge is 0.305 e. The lowest BCUT2D eigenvalue weighted by Crippen LogP contribution is -2.08. The molecular formula is C11H20O6. The van der Waals surface area contributed by atoms with Crippen molar-refractivity contribution in [2.75, 3.05) is 19.8 Å². The van der Waals surface area contributed by atoms with Gasteiger partial charge in [-0.15, -0.1) is 0 Å². The lowest BCUT2D eigenvalue weighted by Gasteiger charge is -2.01. The van der Waals surface area contributed by atoms with Crippen molar-refractivity contribution in [3.63, 3.8) is 0 Å². The third-order valence-corrected chi connectivity index (χ3v) is 1.88. The number of epoxide rings is 1. The number of esters is 1. The van der Waals surface area contributed by atoms with Gasteiger partial charge in [0.15, 0.2) is 0 Å². The number of hydrogen-bond donors (Lipinski definition) is 2. The van der Waals surface area contributed by atoms with E-state index in [-0.39, 0.29) is 32.0 Å². The van der Waals surface area contributed by atoms with E-state index in [0.717, 1.165) is 6.61 Å². The minimum atomic E-state index is -0.858. The summed E-state index contributed by atoms with van der Waals surface area (Å²) in [7, 11) is 0. The average Bonchev–Trinajstić information content (AvgIpc) is 3.05. The first-order valence-electron chi connectivity index (χ1n) is 5.66. The van der Waals surface area contributed by atoms with E-state index in [9.17, 15) is 9.59 Å². The van der Waals surface area contributed by atoms with Crippen LogP contribution in [0.1, 0.15) is 32.6 Å². The molecule has 1 heterocycles. The third kappa shape index (κ3) is 14.9. The van der Waals surface area contributed by atoms with Gasteiger partial charge in [0.25, 0.3) is 0 Å². The highest BCUT2D eigenvalue weighted by Crippen LogP contribution is 2.04. The Hall–Kier alpha value is -1.14. The average molecular weight is 248 g/mol. The van der Waals surface area contributed by atoms with Crippen LogP contribution in [0.4, 0.5) is 0 Å². The zero-order chi connectivity index (χ0) is 13.1. The van der Waals surface area contributed by atoms with Crippen LogP contribution in [0.15, 0.2) is 0 Å². The van der Waals surface area contributed by atoms with E-state index in [2.05, 4.69) is 11.7 Å². The molecule has 1 unspecified atom stereocenters. The monoisotopic (exact) mass is 248 g/mol. The number of ether oxygens (including phenoxy) is 2. The number of aliphatic hydroxyl groups is 1. The molecule has 0 aromatic heterocycles. The quantitative estimate of drug-likeness (QED) is 0.388. The van der Waals surface area contributed by atoms with Crippen molar-refractivity contribution in [2.24, 2.45) is 0 Å². The summed E-state index contributed by atoms with van der Waals surface area (Å²) in [6.07, 6.45) is 1.86. The van der Waals surface area contributed by atoms with Crippen molar-refractivity contribution in [2.45, 2.75) is 38.7 Å². The number of hydrogen-bond acceptors (Lipinski definition) is 5. The summed E-state index contributed by atoms with van der Waals surface area (Å²) >= 11 is 0. The minimum absolute atomic E-state index is 0.0117.